The fraction of sp³-hybridized carbons (Fsp3) is 0.231. The van der Waals surface area contributed by atoms with Crippen LogP contribution in [0.25, 0.3) is 11.1 Å². The first-order valence-electron chi connectivity index (χ1n) is 5.55. The third-order valence-electron chi connectivity index (χ3n) is 2.70. The normalized spacial score (nSPS) is 9.53. The Bertz CT molecular complexity index is 589. The standard InChI is InChI=1S/C13H14N4O.ClH/c1-18-13-3-2-10(6-11(13)7-15)12-8-16-17(9-12)5-4-14;/h2-3,6,8-9H,5,7,15H2,1H3;1H. The van der Waals surface area contributed by atoms with Crippen molar-refractivity contribution in [2.24, 2.45) is 5.73 Å². The topological polar surface area (TPSA) is 76.9 Å². The van der Waals surface area contributed by atoms with Crippen LogP contribution in [0.5, 0.6) is 5.75 Å². The fourth-order valence-electron chi connectivity index (χ4n) is 1.79. The molecule has 0 saturated heterocycles. The number of halogens is 1. The summed E-state index contributed by atoms with van der Waals surface area (Å²) in [5, 5.41) is 12.7. The van der Waals surface area contributed by atoms with E-state index < -0.39 is 0 Å². The summed E-state index contributed by atoms with van der Waals surface area (Å²) in [6, 6.07) is 7.87. The maximum atomic E-state index is 8.61. The Morgan fingerprint density at radius 3 is 2.84 bits per heavy atom. The number of ether oxygens (including phenoxy) is 1. The van der Waals surface area contributed by atoms with Crippen molar-refractivity contribution < 1.29 is 4.74 Å². The summed E-state index contributed by atoms with van der Waals surface area (Å²) in [5.74, 6) is 0.783. The smallest absolute Gasteiger partial charge is 0.128 e. The van der Waals surface area contributed by atoms with E-state index in [1.165, 1.54) is 0 Å². The number of hydrogen-bond acceptors (Lipinski definition) is 4. The number of benzene rings is 1. The van der Waals surface area contributed by atoms with Gasteiger partial charge in [0.15, 0.2) is 0 Å². The lowest BCUT2D eigenvalue weighted by atomic mass is 10.1. The van der Waals surface area contributed by atoms with Gasteiger partial charge < -0.3 is 10.5 Å². The van der Waals surface area contributed by atoms with E-state index in [1.54, 1.807) is 18.0 Å². The molecular weight excluding hydrogens is 264 g/mol. The van der Waals surface area contributed by atoms with Gasteiger partial charge in [0.1, 0.15) is 12.3 Å². The van der Waals surface area contributed by atoms with Crippen LogP contribution in [0.15, 0.2) is 30.6 Å². The highest BCUT2D eigenvalue weighted by Gasteiger charge is 2.06. The van der Waals surface area contributed by atoms with Crippen molar-refractivity contribution in [1.82, 2.24) is 9.78 Å². The van der Waals surface area contributed by atoms with Gasteiger partial charge in [0.2, 0.25) is 0 Å². The number of rotatable bonds is 4. The first-order valence-corrected chi connectivity index (χ1v) is 5.55. The number of aromatic nitrogens is 2. The van der Waals surface area contributed by atoms with Crippen LogP contribution in [0.1, 0.15) is 5.56 Å². The van der Waals surface area contributed by atoms with Gasteiger partial charge in [-0.3, -0.25) is 4.68 Å². The molecule has 100 valence electrons. The molecule has 2 rings (SSSR count). The molecule has 2 N–H and O–H groups in total. The second-order valence-corrected chi connectivity index (χ2v) is 3.82. The molecule has 5 nitrogen and oxygen atoms in total. The SMILES string of the molecule is COc1ccc(-c2cnn(CC#N)c2)cc1CN.Cl. The molecule has 0 aliphatic rings. The summed E-state index contributed by atoms with van der Waals surface area (Å²) in [4.78, 5) is 0. The molecule has 0 unspecified atom stereocenters. The van der Waals surface area contributed by atoms with Crippen LogP contribution in [-0.2, 0) is 13.1 Å². The number of nitriles is 1. The molecular formula is C13H15ClN4O. The van der Waals surface area contributed by atoms with Crippen molar-refractivity contribution in [2.45, 2.75) is 13.1 Å². The van der Waals surface area contributed by atoms with E-state index in [2.05, 4.69) is 11.2 Å². The summed E-state index contributed by atoms with van der Waals surface area (Å²) in [6.45, 7) is 0.670. The molecule has 1 aromatic heterocycles. The number of nitrogens with two attached hydrogens (primary N) is 1. The van der Waals surface area contributed by atoms with E-state index in [9.17, 15) is 0 Å². The molecule has 0 fully saturated rings. The Morgan fingerprint density at radius 1 is 1.42 bits per heavy atom. The summed E-state index contributed by atoms with van der Waals surface area (Å²) in [7, 11) is 1.62. The lowest BCUT2D eigenvalue weighted by Crippen LogP contribution is -1.99. The first-order chi connectivity index (χ1) is 8.78. The molecule has 0 bridgehead atoms. The molecule has 0 saturated carbocycles. The van der Waals surface area contributed by atoms with Gasteiger partial charge in [0, 0.05) is 23.9 Å². The maximum Gasteiger partial charge on any atom is 0.128 e. The van der Waals surface area contributed by atoms with Crippen LogP contribution >= 0.6 is 12.4 Å². The van der Waals surface area contributed by atoms with Gasteiger partial charge in [-0.15, -0.1) is 12.4 Å². The predicted molar refractivity (Wildman–Crippen MR) is 75.0 cm³/mol. The molecule has 0 spiro atoms. The molecule has 0 aliphatic heterocycles. The van der Waals surface area contributed by atoms with Crippen LogP contribution < -0.4 is 10.5 Å². The molecule has 6 heteroatoms. The minimum atomic E-state index is 0. The van der Waals surface area contributed by atoms with Crippen molar-refractivity contribution in [1.29, 1.82) is 5.26 Å². The second kappa shape index (κ2) is 6.78. The van der Waals surface area contributed by atoms with Gasteiger partial charge in [-0.05, 0) is 17.7 Å². The summed E-state index contributed by atoms with van der Waals surface area (Å²) >= 11 is 0. The van der Waals surface area contributed by atoms with E-state index in [4.69, 9.17) is 15.7 Å². The Morgan fingerprint density at radius 2 is 2.21 bits per heavy atom. The van der Waals surface area contributed by atoms with E-state index in [1.807, 2.05) is 24.4 Å². The average molecular weight is 279 g/mol. The highest BCUT2D eigenvalue weighted by atomic mass is 35.5. The highest BCUT2D eigenvalue weighted by Crippen LogP contribution is 2.26. The molecule has 1 aromatic carbocycles. The second-order valence-electron chi connectivity index (χ2n) is 3.82. The number of nitrogens with zero attached hydrogens (tertiary/aromatic N) is 3. The zero-order valence-corrected chi connectivity index (χ0v) is 11.4. The zero-order valence-electron chi connectivity index (χ0n) is 10.5. The molecule has 0 radical (unpaired) electrons. The lowest BCUT2D eigenvalue weighted by molar-refractivity contribution is 0.410. The Hall–Kier alpha value is -2.03. The van der Waals surface area contributed by atoms with Gasteiger partial charge in [-0.25, -0.2) is 0 Å². The number of methoxy groups -OCH3 is 1. The monoisotopic (exact) mass is 278 g/mol. The fourth-order valence-corrected chi connectivity index (χ4v) is 1.79. The van der Waals surface area contributed by atoms with E-state index in [0.717, 1.165) is 22.4 Å². The highest BCUT2D eigenvalue weighted by molar-refractivity contribution is 5.85. The van der Waals surface area contributed by atoms with Gasteiger partial charge in [0.25, 0.3) is 0 Å². The number of hydrogen-bond donors (Lipinski definition) is 1. The molecule has 19 heavy (non-hydrogen) atoms. The third kappa shape index (κ3) is 3.25. The summed E-state index contributed by atoms with van der Waals surface area (Å²) in [6.07, 6.45) is 3.57. The van der Waals surface area contributed by atoms with Crippen LogP contribution in [0.3, 0.4) is 0 Å². The Labute approximate surface area is 118 Å². The summed E-state index contributed by atoms with van der Waals surface area (Å²) < 4.78 is 6.83. The Kier molecular flexibility index (Phi) is 5.37. The van der Waals surface area contributed by atoms with Crippen molar-refractivity contribution in [2.75, 3.05) is 7.11 Å². The zero-order chi connectivity index (χ0) is 13.0. The van der Waals surface area contributed by atoms with E-state index in [-0.39, 0.29) is 19.0 Å². The van der Waals surface area contributed by atoms with Crippen molar-refractivity contribution in [3.63, 3.8) is 0 Å². The van der Waals surface area contributed by atoms with Crippen LogP contribution in [0.2, 0.25) is 0 Å². The molecule has 1 heterocycles. The van der Waals surface area contributed by atoms with Crippen molar-refractivity contribution in [3.8, 4) is 22.9 Å². The molecule has 0 amide bonds. The first kappa shape index (κ1) is 15.0. The molecule has 0 atom stereocenters. The quantitative estimate of drug-likeness (QED) is 0.927. The minimum Gasteiger partial charge on any atom is -0.496 e. The largest absolute Gasteiger partial charge is 0.496 e. The van der Waals surface area contributed by atoms with Crippen molar-refractivity contribution >= 4 is 12.4 Å². The average Bonchev–Trinajstić information content (AvgIpc) is 2.87. The maximum absolute atomic E-state index is 8.61. The third-order valence-corrected chi connectivity index (χ3v) is 2.70. The van der Waals surface area contributed by atoms with Gasteiger partial charge in [0.05, 0.1) is 19.4 Å². The lowest BCUT2D eigenvalue weighted by Gasteiger charge is -2.08. The predicted octanol–water partition coefficient (Wildman–Crippen LogP) is 1.96. The molecule has 0 aliphatic carbocycles. The van der Waals surface area contributed by atoms with Crippen molar-refractivity contribution in [3.05, 3.63) is 36.2 Å². The summed E-state index contributed by atoms with van der Waals surface area (Å²) in [5.41, 5.74) is 8.60. The van der Waals surface area contributed by atoms with Crippen LogP contribution in [0, 0.1) is 11.3 Å². The van der Waals surface area contributed by atoms with Crippen LogP contribution in [0.4, 0.5) is 0 Å². The van der Waals surface area contributed by atoms with Gasteiger partial charge in [-0.2, -0.15) is 10.4 Å². The van der Waals surface area contributed by atoms with E-state index in [0.29, 0.717) is 6.54 Å². The van der Waals surface area contributed by atoms with Gasteiger partial charge >= 0.3 is 0 Å². The minimum absolute atomic E-state index is 0. The van der Waals surface area contributed by atoms with E-state index >= 15 is 0 Å². The Balaban J connectivity index is 0.00000180. The molecule has 2 aromatic rings. The van der Waals surface area contributed by atoms with Crippen LogP contribution in [-0.4, -0.2) is 16.9 Å². The van der Waals surface area contributed by atoms with Gasteiger partial charge in [-0.1, -0.05) is 6.07 Å².